The smallest absolute Gasteiger partial charge is 0.232 e. The molecule has 5 heteroatoms. The summed E-state index contributed by atoms with van der Waals surface area (Å²) in [5.74, 6) is 0.710. The van der Waals surface area contributed by atoms with Crippen LogP contribution in [0.4, 0.5) is 0 Å². The Balaban J connectivity index is 2.29. The molecule has 0 heterocycles. The van der Waals surface area contributed by atoms with Gasteiger partial charge in [-0.2, -0.15) is 0 Å². The average Bonchev–Trinajstić information content (AvgIpc) is 2.79. The second-order valence-corrected chi connectivity index (χ2v) is 9.08. The molecule has 0 N–H and O–H groups in total. The van der Waals surface area contributed by atoms with E-state index >= 15 is 0 Å². The molecule has 0 fully saturated rings. The van der Waals surface area contributed by atoms with Crippen molar-refractivity contribution in [2.45, 2.75) is 13.0 Å². The van der Waals surface area contributed by atoms with Gasteiger partial charge >= 0.3 is 0 Å². The predicted octanol–water partition coefficient (Wildman–Crippen LogP) is 5.60. The van der Waals surface area contributed by atoms with Gasteiger partial charge in [-0.1, -0.05) is 66.7 Å². The van der Waals surface area contributed by atoms with Gasteiger partial charge < -0.3 is 4.74 Å². The first-order chi connectivity index (χ1) is 14.9. The van der Waals surface area contributed by atoms with Crippen LogP contribution in [0.15, 0.2) is 97.6 Å². The van der Waals surface area contributed by atoms with Crippen molar-refractivity contribution >= 4 is 21.3 Å². The van der Waals surface area contributed by atoms with Crippen LogP contribution in [0.25, 0.3) is 11.3 Å². The van der Waals surface area contributed by atoms with E-state index in [1.165, 1.54) is 10.6 Å². The molecule has 0 spiro atoms. The SMILES string of the molecule is C=CC/C(=C(\c1ccc(OC)cc1)N(Cc1ccccc1)S(C)(=O)=O)c1ccccc1. The molecule has 0 atom stereocenters. The van der Waals surface area contributed by atoms with Crippen molar-refractivity contribution in [1.82, 2.24) is 4.31 Å². The summed E-state index contributed by atoms with van der Waals surface area (Å²) in [4.78, 5) is 0. The third-order valence-electron chi connectivity index (χ3n) is 4.94. The van der Waals surface area contributed by atoms with Gasteiger partial charge in [-0.15, -0.1) is 6.58 Å². The van der Waals surface area contributed by atoms with Gasteiger partial charge in [0, 0.05) is 0 Å². The Morgan fingerprint density at radius 1 is 0.903 bits per heavy atom. The van der Waals surface area contributed by atoms with E-state index in [0.717, 1.165) is 22.3 Å². The molecule has 0 saturated heterocycles. The quantitative estimate of drug-likeness (QED) is 0.326. The van der Waals surface area contributed by atoms with Crippen molar-refractivity contribution in [3.8, 4) is 5.75 Å². The summed E-state index contributed by atoms with van der Waals surface area (Å²) in [6.07, 6.45) is 3.57. The van der Waals surface area contributed by atoms with Crippen molar-refractivity contribution in [1.29, 1.82) is 0 Å². The molecule has 4 nitrogen and oxygen atoms in total. The number of benzene rings is 3. The zero-order valence-electron chi connectivity index (χ0n) is 17.9. The van der Waals surface area contributed by atoms with Gasteiger partial charge in [-0.25, -0.2) is 8.42 Å². The van der Waals surface area contributed by atoms with Crippen LogP contribution in [0.5, 0.6) is 5.75 Å². The molecule has 0 aliphatic rings. The topological polar surface area (TPSA) is 46.6 Å². The van der Waals surface area contributed by atoms with Crippen LogP contribution < -0.4 is 4.74 Å². The summed E-state index contributed by atoms with van der Waals surface area (Å²) in [5.41, 5.74) is 4.19. The monoisotopic (exact) mass is 433 g/mol. The molecule has 160 valence electrons. The highest BCUT2D eigenvalue weighted by Gasteiger charge is 2.25. The minimum absolute atomic E-state index is 0.231. The van der Waals surface area contributed by atoms with Crippen molar-refractivity contribution in [2.75, 3.05) is 13.4 Å². The van der Waals surface area contributed by atoms with Gasteiger partial charge in [0.1, 0.15) is 5.75 Å². The van der Waals surface area contributed by atoms with Crippen LogP contribution in [0.2, 0.25) is 0 Å². The number of rotatable bonds is 9. The second kappa shape index (κ2) is 10.1. The summed E-state index contributed by atoms with van der Waals surface area (Å²) in [6, 6.07) is 26.9. The number of hydrogen-bond donors (Lipinski definition) is 0. The standard InChI is InChI=1S/C26H27NO3S/c1-4-11-25(22-14-9-6-10-15-22)26(23-16-18-24(30-2)19-17-23)27(31(3,28)29)20-21-12-7-5-8-13-21/h4-10,12-19H,1,11,20H2,2-3H3/b26-25-. The zero-order chi connectivity index (χ0) is 22.3. The maximum atomic E-state index is 13.1. The largest absolute Gasteiger partial charge is 0.497 e. The Labute approximate surface area is 185 Å². The van der Waals surface area contributed by atoms with Gasteiger partial charge in [0.05, 0.1) is 25.6 Å². The van der Waals surface area contributed by atoms with Gasteiger partial charge in [-0.3, -0.25) is 4.31 Å². The highest BCUT2D eigenvalue weighted by atomic mass is 32.2. The van der Waals surface area contributed by atoms with Crippen molar-refractivity contribution in [3.05, 3.63) is 114 Å². The lowest BCUT2D eigenvalue weighted by Gasteiger charge is -2.29. The molecule has 3 aromatic rings. The van der Waals surface area contributed by atoms with E-state index in [4.69, 9.17) is 4.74 Å². The minimum Gasteiger partial charge on any atom is -0.497 e. The summed E-state index contributed by atoms with van der Waals surface area (Å²) < 4.78 is 32.9. The molecule has 0 aliphatic carbocycles. The van der Waals surface area contributed by atoms with E-state index in [0.29, 0.717) is 17.9 Å². The van der Waals surface area contributed by atoms with E-state index in [-0.39, 0.29) is 6.54 Å². The summed E-state index contributed by atoms with van der Waals surface area (Å²) in [7, 11) is -1.98. The van der Waals surface area contributed by atoms with Crippen molar-refractivity contribution < 1.29 is 13.2 Å². The van der Waals surface area contributed by atoms with E-state index in [9.17, 15) is 8.42 Å². The first kappa shape index (κ1) is 22.4. The Morgan fingerprint density at radius 3 is 2.00 bits per heavy atom. The molecule has 3 rings (SSSR count). The lowest BCUT2D eigenvalue weighted by atomic mass is 9.96. The molecule has 0 aromatic heterocycles. The molecule has 0 saturated carbocycles. The first-order valence-electron chi connectivity index (χ1n) is 9.99. The van der Waals surface area contributed by atoms with Crippen LogP contribution in [-0.4, -0.2) is 26.1 Å². The molecule has 0 bridgehead atoms. The summed E-state index contributed by atoms with van der Waals surface area (Å²) in [5, 5.41) is 0. The zero-order valence-corrected chi connectivity index (χ0v) is 18.7. The van der Waals surface area contributed by atoms with Crippen LogP contribution >= 0.6 is 0 Å². The van der Waals surface area contributed by atoms with Crippen LogP contribution in [-0.2, 0) is 16.6 Å². The predicted molar refractivity (Wildman–Crippen MR) is 128 cm³/mol. The fourth-order valence-corrected chi connectivity index (χ4v) is 4.39. The van der Waals surface area contributed by atoms with Crippen molar-refractivity contribution in [2.24, 2.45) is 0 Å². The number of nitrogens with zero attached hydrogens (tertiary/aromatic N) is 1. The Morgan fingerprint density at radius 2 is 1.48 bits per heavy atom. The molecule has 0 aliphatic heterocycles. The molecule has 0 amide bonds. The first-order valence-corrected chi connectivity index (χ1v) is 11.8. The number of ether oxygens (including phenoxy) is 1. The number of sulfonamides is 1. The van der Waals surface area contributed by atoms with Crippen LogP contribution in [0, 0.1) is 0 Å². The van der Waals surface area contributed by atoms with E-state index in [1.54, 1.807) is 13.2 Å². The molecular formula is C26H27NO3S. The van der Waals surface area contributed by atoms with Gasteiger partial charge in [0.15, 0.2) is 0 Å². The third-order valence-corrected chi connectivity index (χ3v) is 6.05. The van der Waals surface area contributed by atoms with Crippen molar-refractivity contribution in [3.63, 3.8) is 0 Å². The summed E-state index contributed by atoms with van der Waals surface area (Å²) >= 11 is 0. The van der Waals surface area contributed by atoms with Gasteiger partial charge in [-0.05, 0) is 52.9 Å². The molecule has 3 aromatic carbocycles. The normalized spacial score (nSPS) is 12.1. The maximum absolute atomic E-state index is 13.1. The van der Waals surface area contributed by atoms with Crippen LogP contribution in [0.1, 0.15) is 23.1 Å². The minimum atomic E-state index is -3.59. The fraction of sp³-hybridized carbons (Fsp3) is 0.154. The lowest BCUT2D eigenvalue weighted by molar-refractivity contribution is 0.414. The Bertz CT molecular complexity index is 1140. The van der Waals surface area contributed by atoms with Gasteiger partial charge in [0.25, 0.3) is 0 Å². The second-order valence-electron chi connectivity index (χ2n) is 7.17. The highest BCUT2D eigenvalue weighted by molar-refractivity contribution is 7.88. The maximum Gasteiger partial charge on any atom is 0.232 e. The summed E-state index contributed by atoms with van der Waals surface area (Å²) in [6.45, 7) is 4.14. The number of hydrogen-bond acceptors (Lipinski definition) is 3. The molecule has 0 radical (unpaired) electrons. The van der Waals surface area contributed by atoms with Crippen LogP contribution in [0.3, 0.4) is 0 Å². The Kier molecular flexibility index (Phi) is 7.32. The molecular weight excluding hydrogens is 406 g/mol. The van der Waals surface area contributed by atoms with E-state index < -0.39 is 10.0 Å². The third kappa shape index (κ3) is 5.64. The number of allylic oxidation sites excluding steroid dienone is 2. The molecule has 31 heavy (non-hydrogen) atoms. The number of methoxy groups -OCH3 is 1. The van der Waals surface area contributed by atoms with E-state index in [1.807, 2.05) is 84.9 Å². The highest BCUT2D eigenvalue weighted by Crippen LogP contribution is 2.35. The van der Waals surface area contributed by atoms with E-state index in [2.05, 4.69) is 6.58 Å². The molecule has 0 unspecified atom stereocenters. The Hall–Kier alpha value is -3.31. The average molecular weight is 434 g/mol. The van der Waals surface area contributed by atoms with Gasteiger partial charge in [0.2, 0.25) is 10.0 Å². The fourth-order valence-electron chi connectivity index (χ4n) is 3.46. The lowest BCUT2D eigenvalue weighted by Crippen LogP contribution is -2.29.